The summed E-state index contributed by atoms with van der Waals surface area (Å²) in [5, 5.41) is 10.3. The molecule has 0 aromatic rings. The summed E-state index contributed by atoms with van der Waals surface area (Å²) < 4.78 is 16.0. The van der Waals surface area contributed by atoms with Crippen molar-refractivity contribution in [3.8, 4) is 0 Å². The maximum atomic E-state index is 11.7. The van der Waals surface area contributed by atoms with Crippen LogP contribution in [0.25, 0.3) is 0 Å². The number of ether oxygens (including phenoxy) is 3. The number of rotatable bonds is 6. The van der Waals surface area contributed by atoms with E-state index in [1.807, 2.05) is 6.92 Å². The molecule has 1 N–H and O–H groups in total. The number of esters is 2. The summed E-state index contributed by atoms with van der Waals surface area (Å²) in [6.07, 6.45) is 0.678. The van der Waals surface area contributed by atoms with Gasteiger partial charge in [0.1, 0.15) is 31.0 Å². The normalized spacial score (nSPS) is 33.9. The fourth-order valence-corrected chi connectivity index (χ4v) is 2.85. The number of hydrogen-bond acceptors (Lipinski definition) is 6. The van der Waals surface area contributed by atoms with E-state index in [2.05, 4.69) is 0 Å². The van der Waals surface area contributed by atoms with Gasteiger partial charge in [0.25, 0.3) is 0 Å². The van der Waals surface area contributed by atoms with E-state index >= 15 is 0 Å². The molecule has 0 spiro atoms. The van der Waals surface area contributed by atoms with Crippen molar-refractivity contribution in [2.75, 3.05) is 13.2 Å². The molecule has 23 heavy (non-hydrogen) atoms. The second kappa shape index (κ2) is 6.61. The van der Waals surface area contributed by atoms with Crippen LogP contribution < -0.4 is 0 Å². The molecular weight excluding hydrogens is 300 g/mol. The van der Waals surface area contributed by atoms with Crippen LogP contribution in [-0.4, -0.2) is 48.1 Å². The fraction of sp³-hybridized carbons (Fsp3) is 0.765. The van der Waals surface area contributed by atoms with Crippen molar-refractivity contribution in [2.45, 2.75) is 52.4 Å². The van der Waals surface area contributed by atoms with E-state index in [-0.39, 0.29) is 49.0 Å². The summed E-state index contributed by atoms with van der Waals surface area (Å²) in [5.41, 5.74) is 0.210. The molecule has 0 aromatic heterocycles. The third kappa shape index (κ3) is 3.58. The van der Waals surface area contributed by atoms with Crippen LogP contribution in [0.5, 0.6) is 0 Å². The van der Waals surface area contributed by atoms with Crippen LogP contribution in [0.1, 0.15) is 34.6 Å². The third-order valence-electron chi connectivity index (χ3n) is 4.49. The lowest BCUT2D eigenvalue weighted by Crippen LogP contribution is -2.28. The summed E-state index contributed by atoms with van der Waals surface area (Å²) in [5.74, 6) is -1.19. The molecule has 0 aromatic carbocycles. The molecule has 1 saturated carbocycles. The Balaban J connectivity index is 2.01. The van der Waals surface area contributed by atoms with Gasteiger partial charge in [-0.25, -0.2) is 0 Å². The van der Waals surface area contributed by atoms with Crippen molar-refractivity contribution in [3.63, 3.8) is 0 Å². The van der Waals surface area contributed by atoms with Gasteiger partial charge in [0.2, 0.25) is 0 Å². The van der Waals surface area contributed by atoms with Crippen molar-refractivity contribution in [1.29, 1.82) is 0 Å². The predicted octanol–water partition coefficient (Wildman–Crippen LogP) is 1.46. The SMILES string of the molecule is CC(C)C(=O)OC/C=C1/[C@H](O)[C@@H]2O[C@]2(C)[C@H]1COC(=O)C(C)C. The lowest BCUT2D eigenvalue weighted by Gasteiger charge is -2.21. The minimum atomic E-state index is -0.750. The highest BCUT2D eigenvalue weighted by Gasteiger charge is 2.68. The molecule has 1 heterocycles. The molecule has 0 amide bonds. The molecule has 0 radical (unpaired) electrons. The Bertz CT molecular complexity index is 509. The van der Waals surface area contributed by atoms with Gasteiger partial charge >= 0.3 is 11.9 Å². The summed E-state index contributed by atoms with van der Waals surface area (Å²) >= 11 is 0. The highest BCUT2D eigenvalue weighted by atomic mass is 16.6. The zero-order chi connectivity index (χ0) is 17.4. The smallest absolute Gasteiger partial charge is 0.308 e. The van der Waals surface area contributed by atoms with E-state index in [0.717, 1.165) is 5.57 Å². The van der Waals surface area contributed by atoms with Gasteiger partial charge in [0.05, 0.1) is 11.8 Å². The Morgan fingerprint density at radius 2 is 1.78 bits per heavy atom. The minimum absolute atomic E-state index is 0.0980. The third-order valence-corrected chi connectivity index (χ3v) is 4.49. The lowest BCUT2D eigenvalue weighted by molar-refractivity contribution is -0.149. The number of fused-ring (bicyclic) bond motifs is 1. The van der Waals surface area contributed by atoms with E-state index in [0.29, 0.717) is 0 Å². The van der Waals surface area contributed by atoms with Gasteiger partial charge in [-0.15, -0.1) is 0 Å². The molecule has 4 atom stereocenters. The van der Waals surface area contributed by atoms with E-state index in [1.54, 1.807) is 33.8 Å². The predicted molar refractivity (Wildman–Crippen MR) is 82.5 cm³/mol. The van der Waals surface area contributed by atoms with Gasteiger partial charge in [0.15, 0.2) is 0 Å². The Kier molecular flexibility index (Phi) is 5.16. The average Bonchev–Trinajstić information content (AvgIpc) is 3.11. The summed E-state index contributed by atoms with van der Waals surface area (Å²) in [6.45, 7) is 9.22. The first-order chi connectivity index (χ1) is 10.7. The zero-order valence-electron chi connectivity index (χ0n) is 14.4. The highest BCUT2D eigenvalue weighted by Crippen LogP contribution is 2.56. The monoisotopic (exact) mass is 326 g/mol. The van der Waals surface area contributed by atoms with Crippen LogP contribution in [0.2, 0.25) is 0 Å². The van der Waals surface area contributed by atoms with Crippen molar-refractivity contribution < 1.29 is 28.9 Å². The molecule has 2 aliphatic rings. The van der Waals surface area contributed by atoms with E-state index in [4.69, 9.17) is 14.2 Å². The van der Waals surface area contributed by atoms with Gasteiger partial charge in [-0.3, -0.25) is 9.59 Å². The molecule has 130 valence electrons. The Morgan fingerprint density at radius 3 is 2.35 bits per heavy atom. The first-order valence-electron chi connectivity index (χ1n) is 8.07. The quantitative estimate of drug-likeness (QED) is 0.452. The average molecular weight is 326 g/mol. The maximum absolute atomic E-state index is 11.7. The van der Waals surface area contributed by atoms with Crippen LogP contribution in [0.15, 0.2) is 11.6 Å². The topological polar surface area (TPSA) is 85.4 Å². The fourth-order valence-electron chi connectivity index (χ4n) is 2.85. The molecule has 2 fully saturated rings. The zero-order valence-corrected chi connectivity index (χ0v) is 14.4. The Morgan fingerprint density at radius 1 is 1.22 bits per heavy atom. The minimum Gasteiger partial charge on any atom is -0.465 e. The van der Waals surface area contributed by atoms with Crippen molar-refractivity contribution in [2.24, 2.45) is 17.8 Å². The first kappa shape index (κ1) is 17.9. The largest absolute Gasteiger partial charge is 0.465 e. The molecule has 6 nitrogen and oxygen atoms in total. The first-order valence-corrected chi connectivity index (χ1v) is 8.07. The highest BCUT2D eigenvalue weighted by molar-refractivity contribution is 5.72. The lowest BCUT2D eigenvalue weighted by atomic mass is 9.93. The van der Waals surface area contributed by atoms with Crippen LogP contribution in [-0.2, 0) is 23.8 Å². The van der Waals surface area contributed by atoms with E-state index in [9.17, 15) is 14.7 Å². The molecule has 0 unspecified atom stereocenters. The van der Waals surface area contributed by atoms with Crippen molar-refractivity contribution in [3.05, 3.63) is 11.6 Å². The molecular formula is C17H26O6. The van der Waals surface area contributed by atoms with Crippen molar-refractivity contribution in [1.82, 2.24) is 0 Å². The van der Waals surface area contributed by atoms with Crippen LogP contribution >= 0.6 is 0 Å². The second-order valence-electron chi connectivity index (χ2n) is 6.99. The van der Waals surface area contributed by atoms with Crippen LogP contribution in [0.4, 0.5) is 0 Å². The summed E-state index contributed by atoms with van der Waals surface area (Å²) in [4.78, 5) is 23.2. The number of hydrogen-bond donors (Lipinski definition) is 1. The van der Waals surface area contributed by atoms with Gasteiger partial charge in [-0.2, -0.15) is 0 Å². The molecule has 6 heteroatoms. The van der Waals surface area contributed by atoms with Gasteiger partial charge < -0.3 is 19.3 Å². The number of aliphatic hydroxyl groups is 1. The van der Waals surface area contributed by atoms with E-state index in [1.165, 1.54) is 0 Å². The van der Waals surface area contributed by atoms with E-state index < -0.39 is 11.7 Å². The molecule has 2 rings (SSSR count). The summed E-state index contributed by atoms with van der Waals surface area (Å²) in [6, 6.07) is 0. The second-order valence-corrected chi connectivity index (χ2v) is 6.99. The molecule has 1 saturated heterocycles. The Hall–Kier alpha value is -1.40. The van der Waals surface area contributed by atoms with Gasteiger partial charge in [-0.1, -0.05) is 27.7 Å². The summed E-state index contributed by atoms with van der Waals surface area (Å²) in [7, 11) is 0. The van der Waals surface area contributed by atoms with Crippen molar-refractivity contribution >= 4 is 11.9 Å². The number of carbonyl (C=O) groups excluding carboxylic acids is 2. The van der Waals surface area contributed by atoms with Gasteiger partial charge in [0, 0.05) is 5.92 Å². The van der Waals surface area contributed by atoms with Gasteiger partial charge in [-0.05, 0) is 18.6 Å². The maximum Gasteiger partial charge on any atom is 0.308 e. The number of epoxide rings is 1. The number of carbonyl (C=O) groups is 2. The van der Waals surface area contributed by atoms with Crippen LogP contribution in [0, 0.1) is 17.8 Å². The van der Waals surface area contributed by atoms with Crippen LogP contribution in [0.3, 0.4) is 0 Å². The molecule has 1 aliphatic heterocycles. The Labute approximate surface area is 136 Å². The molecule has 0 bridgehead atoms. The standard InChI is InChI=1S/C17H26O6/c1-9(2)15(19)21-7-6-11-12(8-22-16(20)10(3)4)17(5)14(23-17)13(11)18/h6,9-10,12-14,18H,7-8H2,1-5H3/b11-6+/t12-,13-,14-,17+/m0/s1. The number of aliphatic hydroxyl groups excluding tert-OH is 1. The molecule has 1 aliphatic carbocycles.